The number of nitrogens with one attached hydrogen (secondary N) is 2. The van der Waals surface area contributed by atoms with Crippen LogP contribution in [0.2, 0.25) is 0 Å². The molecule has 1 amide bonds. The van der Waals surface area contributed by atoms with Crippen molar-refractivity contribution in [2.24, 2.45) is 0 Å². The molecule has 5 heteroatoms. The van der Waals surface area contributed by atoms with Gasteiger partial charge in [-0.05, 0) is 75.4 Å². The highest BCUT2D eigenvalue weighted by Crippen LogP contribution is 2.28. The van der Waals surface area contributed by atoms with Crippen LogP contribution in [-0.4, -0.2) is 34.2 Å². The second-order valence-corrected chi connectivity index (χ2v) is 7.83. The van der Waals surface area contributed by atoms with Crippen LogP contribution in [0.4, 0.5) is 5.82 Å². The molecule has 3 rings (SSSR count). The molecule has 0 atom stereocenters. The van der Waals surface area contributed by atoms with E-state index in [1.54, 1.807) is 0 Å². The number of rotatable bonds is 6. The Labute approximate surface area is 154 Å². The van der Waals surface area contributed by atoms with Gasteiger partial charge in [-0.3, -0.25) is 4.79 Å². The number of hydrogen-bond donors (Lipinski definition) is 3. The monoisotopic (exact) mass is 353 g/mol. The fourth-order valence-electron chi connectivity index (χ4n) is 2.78. The van der Waals surface area contributed by atoms with E-state index >= 15 is 0 Å². The first-order chi connectivity index (χ1) is 12.3. The fraction of sp³-hybridized carbons (Fsp3) is 0.429. The lowest BCUT2D eigenvalue weighted by Gasteiger charge is -2.25. The highest BCUT2D eigenvalue weighted by Gasteiger charge is 2.24. The Morgan fingerprint density at radius 1 is 1.23 bits per heavy atom. The van der Waals surface area contributed by atoms with Crippen LogP contribution in [0.3, 0.4) is 0 Å². The standard InChI is InChI=1S/C21H27N3O2/c1-13-5-6-15(20(26)23-17-7-8-17)10-18(13)16-9-14(2)19(22-11-16)24-21(3,4)12-25/h5-6,9-11,17,25H,7-8,12H2,1-4H3,(H,22,24)(H,23,26). The normalized spacial score (nSPS) is 14.2. The molecule has 5 nitrogen and oxygen atoms in total. The Kier molecular flexibility index (Phi) is 5.01. The molecular formula is C21H27N3O2. The van der Waals surface area contributed by atoms with Gasteiger partial charge in [0.2, 0.25) is 0 Å². The Hall–Kier alpha value is -2.40. The van der Waals surface area contributed by atoms with Crippen LogP contribution in [0.15, 0.2) is 30.5 Å². The highest BCUT2D eigenvalue weighted by atomic mass is 16.3. The number of aliphatic hydroxyl groups is 1. The number of amides is 1. The van der Waals surface area contributed by atoms with E-state index in [9.17, 15) is 9.90 Å². The summed E-state index contributed by atoms with van der Waals surface area (Å²) in [4.78, 5) is 16.9. The van der Waals surface area contributed by atoms with Crippen LogP contribution < -0.4 is 10.6 Å². The van der Waals surface area contributed by atoms with Gasteiger partial charge in [0, 0.05) is 23.4 Å². The number of hydrogen-bond acceptors (Lipinski definition) is 4. The van der Waals surface area contributed by atoms with E-state index in [-0.39, 0.29) is 12.5 Å². The average molecular weight is 353 g/mol. The third-order valence-corrected chi connectivity index (χ3v) is 4.65. The number of aromatic nitrogens is 1. The zero-order chi connectivity index (χ0) is 18.9. The number of carbonyl (C=O) groups excluding carboxylic acids is 1. The van der Waals surface area contributed by atoms with Crippen LogP contribution in [0.5, 0.6) is 0 Å². The number of benzene rings is 1. The Morgan fingerprint density at radius 2 is 1.96 bits per heavy atom. The van der Waals surface area contributed by atoms with E-state index in [2.05, 4.69) is 21.7 Å². The average Bonchev–Trinajstić information content (AvgIpc) is 3.41. The number of anilines is 1. The second kappa shape index (κ2) is 7.08. The summed E-state index contributed by atoms with van der Waals surface area (Å²) in [5.74, 6) is 0.745. The molecule has 3 N–H and O–H groups in total. The maximum Gasteiger partial charge on any atom is 0.251 e. The molecule has 0 bridgehead atoms. The summed E-state index contributed by atoms with van der Waals surface area (Å²) in [6, 6.07) is 8.20. The molecule has 26 heavy (non-hydrogen) atoms. The molecule has 1 aliphatic rings. The molecule has 0 aliphatic heterocycles. The smallest absolute Gasteiger partial charge is 0.251 e. The van der Waals surface area contributed by atoms with Gasteiger partial charge in [0.25, 0.3) is 5.91 Å². The van der Waals surface area contributed by atoms with Crippen LogP contribution in [-0.2, 0) is 0 Å². The van der Waals surface area contributed by atoms with Crippen molar-refractivity contribution in [1.82, 2.24) is 10.3 Å². The zero-order valence-corrected chi connectivity index (χ0v) is 15.9. The molecule has 1 heterocycles. The van der Waals surface area contributed by atoms with Gasteiger partial charge in [-0.15, -0.1) is 0 Å². The predicted molar refractivity (Wildman–Crippen MR) is 104 cm³/mol. The van der Waals surface area contributed by atoms with Crippen LogP contribution in [0.1, 0.15) is 48.2 Å². The number of aliphatic hydroxyl groups excluding tert-OH is 1. The maximum absolute atomic E-state index is 12.3. The number of pyridine rings is 1. The first kappa shape index (κ1) is 18.4. The van der Waals surface area contributed by atoms with E-state index < -0.39 is 5.54 Å². The first-order valence-corrected chi connectivity index (χ1v) is 9.06. The zero-order valence-electron chi connectivity index (χ0n) is 15.9. The summed E-state index contributed by atoms with van der Waals surface area (Å²) >= 11 is 0. The molecule has 1 saturated carbocycles. The number of carbonyl (C=O) groups is 1. The minimum Gasteiger partial charge on any atom is -0.394 e. The van der Waals surface area contributed by atoms with Gasteiger partial charge in [0.15, 0.2) is 0 Å². The summed E-state index contributed by atoms with van der Waals surface area (Å²) < 4.78 is 0. The maximum atomic E-state index is 12.3. The molecule has 1 aromatic heterocycles. The molecule has 2 aromatic rings. The summed E-state index contributed by atoms with van der Waals surface area (Å²) in [7, 11) is 0. The van der Waals surface area contributed by atoms with Gasteiger partial charge < -0.3 is 15.7 Å². The third-order valence-electron chi connectivity index (χ3n) is 4.65. The molecule has 1 fully saturated rings. The number of nitrogens with zero attached hydrogens (tertiary/aromatic N) is 1. The lowest BCUT2D eigenvalue weighted by Crippen LogP contribution is -2.35. The van der Waals surface area contributed by atoms with Crippen molar-refractivity contribution in [1.29, 1.82) is 0 Å². The Morgan fingerprint density at radius 3 is 2.58 bits per heavy atom. The van der Waals surface area contributed by atoms with Gasteiger partial charge >= 0.3 is 0 Å². The van der Waals surface area contributed by atoms with Crippen molar-refractivity contribution < 1.29 is 9.90 Å². The van der Waals surface area contributed by atoms with Crippen molar-refractivity contribution in [3.05, 3.63) is 47.2 Å². The van der Waals surface area contributed by atoms with Crippen molar-refractivity contribution in [3.8, 4) is 11.1 Å². The van der Waals surface area contributed by atoms with Gasteiger partial charge in [-0.2, -0.15) is 0 Å². The van der Waals surface area contributed by atoms with Crippen LogP contribution in [0.25, 0.3) is 11.1 Å². The molecule has 0 unspecified atom stereocenters. The second-order valence-electron chi connectivity index (χ2n) is 7.83. The summed E-state index contributed by atoms with van der Waals surface area (Å²) in [5.41, 5.74) is 4.33. The predicted octanol–water partition coefficient (Wildman–Crippen LogP) is 3.44. The molecular weight excluding hydrogens is 326 g/mol. The first-order valence-electron chi connectivity index (χ1n) is 9.06. The lowest BCUT2D eigenvalue weighted by atomic mass is 9.97. The third kappa shape index (κ3) is 4.22. The van der Waals surface area contributed by atoms with Gasteiger partial charge in [0.05, 0.1) is 12.1 Å². The molecule has 0 saturated heterocycles. The van der Waals surface area contributed by atoms with Crippen molar-refractivity contribution in [2.45, 2.75) is 52.1 Å². The quantitative estimate of drug-likeness (QED) is 0.744. The molecule has 138 valence electrons. The summed E-state index contributed by atoms with van der Waals surface area (Å²) in [5, 5.41) is 15.7. The molecule has 0 radical (unpaired) electrons. The Balaban J connectivity index is 1.88. The van der Waals surface area contributed by atoms with Gasteiger partial charge in [0.1, 0.15) is 5.82 Å². The van der Waals surface area contributed by atoms with Crippen LogP contribution >= 0.6 is 0 Å². The molecule has 0 spiro atoms. The minimum atomic E-state index is -0.435. The summed E-state index contributed by atoms with van der Waals surface area (Å²) in [6.45, 7) is 7.90. The van der Waals surface area contributed by atoms with E-state index in [1.165, 1.54) is 0 Å². The number of aryl methyl sites for hydroxylation is 2. The summed E-state index contributed by atoms with van der Waals surface area (Å²) in [6.07, 6.45) is 3.96. The lowest BCUT2D eigenvalue weighted by molar-refractivity contribution is 0.0951. The molecule has 1 aliphatic carbocycles. The van der Waals surface area contributed by atoms with E-state index in [0.717, 1.165) is 40.9 Å². The topological polar surface area (TPSA) is 74.2 Å². The van der Waals surface area contributed by atoms with Gasteiger partial charge in [-0.1, -0.05) is 6.07 Å². The molecule has 1 aromatic carbocycles. The minimum absolute atomic E-state index is 0.0126. The SMILES string of the molecule is Cc1ccc(C(=O)NC2CC2)cc1-c1cnc(NC(C)(C)CO)c(C)c1. The van der Waals surface area contributed by atoms with Crippen LogP contribution in [0, 0.1) is 13.8 Å². The largest absolute Gasteiger partial charge is 0.394 e. The van der Waals surface area contributed by atoms with Gasteiger partial charge in [-0.25, -0.2) is 4.98 Å². The van der Waals surface area contributed by atoms with Crippen molar-refractivity contribution in [3.63, 3.8) is 0 Å². The Bertz CT molecular complexity index is 826. The van der Waals surface area contributed by atoms with Crippen molar-refractivity contribution in [2.75, 3.05) is 11.9 Å². The highest BCUT2D eigenvalue weighted by molar-refractivity contribution is 5.96. The van der Waals surface area contributed by atoms with E-state index in [4.69, 9.17) is 0 Å². The van der Waals surface area contributed by atoms with E-state index in [1.807, 2.05) is 52.1 Å². The fourth-order valence-corrected chi connectivity index (χ4v) is 2.78. The van der Waals surface area contributed by atoms with Crippen molar-refractivity contribution >= 4 is 11.7 Å². The van der Waals surface area contributed by atoms with E-state index in [0.29, 0.717) is 11.6 Å².